The van der Waals surface area contributed by atoms with Crippen molar-refractivity contribution in [3.8, 4) is 0 Å². The third-order valence-electron chi connectivity index (χ3n) is 2.51. The van der Waals surface area contributed by atoms with Gasteiger partial charge in [-0.1, -0.05) is 23.2 Å². The van der Waals surface area contributed by atoms with Crippen LogP contribution in [0.3, 0.4) is 0 Å². The van der Waals surface area contributed by atoms with E-state index in [1.165, 1.54) is 11.3 Å². The van der Waals surface area contributed by atoms with Crippen LogP contribution >= 0.6 is 34.5 Å². The van der Waals surface area contributed by atoms with Crippen LogP contribution in [0.5, 0.6) is 0 Å². The number of thiazole rings is 1. The molecule has 7 heteroatoms. The number of benzene rings is 1. The van der Waals surface area contributed by atoms with Crippen LogP contribution in [0.1, 0.15) is 20.8 Å². The van der Waals surface area contributed by atoms with Gasteiger partial charge in [-0.25, -0.2) is 9.78 Å². The molecule has 0 unspecified atom stereocenters. The van der Waals surface area contributed by atoms with E-state index in [0.29, 0.717) is 21.7 Å². The lowest BCUT2D eigenvalue weighted by Gasteiger charge is -2.10. The largest absolute Gasteiger partial charge is 0.478 e. The summed E-state index contributed by atoms with van der Waals surface area (Å²) in [5, 5.41) is 12.7. The van der Waals surface area contributed by atoms with Crippen LogP contribution in [0.15, 0.2) is 18.3 Å². The maximum absolute atomic E-state index is 11.2. The number of carboxylic acid groups (broad SMARTS) is 1. The van der Waals surface area contributed by atoms with Crippen LogP contribution in [0.25, 0.3) is 0 Å². The van der Waals surface area contributed by atoms with Crippen LogP contribution < -0.4 is 5.32 Å². The smallest absolute Gasteiger partial charge is 0.337 e. The number of halogens is 2. The normalized spacial score (nSPS) is 10.5. The van der Waals surface area contributed by atoms with Gasteiger partial charge in [0.25, 0.3) is 0 Å². The molecule has 0 spiro atoms. The molecular weight excluding hydrogens is 307 g/mol. The Hall–Kier alpha value is -1.30. The first-order valence-electron chi connectivity index (χ1n) is 5.35. The maximum atomic E-state index is 11.2. The van der Waals surface area contributed by atoms with E-state index in [4.69, 9.17) is 28.3 Å². The van der Waals surface area contributed by atoms with Crippen LogP contribution in [0.4, 0.5) is 5.69 Å². The summed E-state index contributed by atoms with van der Waals surface area (Å²) in [6.45, 7) is 2.21. The number of aromatic nitrogens is 1. The molecule has 0 amide bonds. The molecule has 0 saturated heterocycles. The maximum Gasteiger partial charge on any atom is 0.337 e. The molecule has 0 aliphatic heterocycles. The fraction of sp³-hybridized carbons (Fsp3) is 0.167. The van der Waals surface area contributed by atoms with Gasteiger partial charge >= 0.3 is 5.97 Å². The van der Waals surface area contributed by atoms with E-state index in [-0.39, 0.29) is 5.56 Å². The number of nitrogens with zero attached hydrogens (tertiary/aromatic N) is 1. The summed E-state index contributed by atoms with van der Waals surface area (Å²) < 4.78 is 0.456. The predicted molar refractivity (Wildman–Crippen MR) is 77.6 cm³/mol. The van der Waals surface area contributed by atoms with Crippen LogP contribution in [0, 0.1) is 6.92 Å². The van der Waals surface area contributed by atoms with Gasteiger partial charge in [-0.2, -0.15) is 0 Å². The quantitative estimate of drug-likeness (QED) is 0.892. The summed E-state index contributed by atoms with van der Waals surface area (Å²) in [5.74, 6) is -0.996. The Morgan fingerprint density at radius 1 is 1.47 bits per heavy atom. The van der Waals surface area contributed by atoms with Crippen LogP contribution in [0.2, 0.25) is 9.49 Å². The Morgan fingerprint density at radius 3 is 2.79 bits per heavy atom. The van der Waals surface area contributed by atoms with Crippen molar-refractivity contribution in [2.75, 3.05) is 5.32 Å². The van der Waals surface area contributed by atoms with Crippen molar-refractivity contribution in [3.63, 3.8) is 0 Å². The summed E-state index contributed by atoms with van der Waals surface area (Å²) in [4.78, 5) is 16.0. The van der Waals surface area contributed by atoms with Gasteiger partial charge in [-0.3, -0.25) is 0 Å². The van der Waals surface area contributed by atoms with Gasteiger partial charge in [0.05, 0.1) is 17.8 Å². The molecule has 0 saturated carbocycles. The van der Waals surface area contributed by atoms with Crippen molar-refractivity contribution in [2.45, 2.75) is 13.5 Å². The highest BCUT2D eigenvalue weighted by atomic mass is 35.5. The predicted octanol–water partition coefficient (Wildman–Crippen LogP) is 4.07. The number of aromatic carboxylic acids is 1. The molecule has 0 aliphatic carbocycles. The van der Waals surface area contributed by atoms with Crippen molar-refractivity contribution in [1.29, 1.82) is 0 Å². The minimum atomic E-state index is -0.996. The lowest BCUT2D eigenvalue weighted by molar-refractivity contribution is 0.0698. The molecule has 1 heterocycles. The highest BCUT2D eigenvalue weighted by molar-refractivity contribution is 7.15. The molecular formula is C12H10Cl2N2O2S. The van der Waals surface area contributed by atoms with E-state index in [9.17, 15) is 4.79 Å². The summed E-state index contributed by atoms with van der Waals surface area (Å²) in [6.07, 6.45) is 1.65. The number of carbonyl (C=O) groups is 1. The SMILES string of the molecule is Cc1cc(C(=O)O)c(NCc2cnc(Cl)s2)cc1Cl. The molecule has 0 atom stereocenters. The van der Waals surface area contributed by atoms with E-state index in [2.05, 4.69) is 10.3 Å². The third-order valence-corrected chi connectivity index (χ3v) is 4.03. The molecule has 0 radical (unpaired) electrons. The highest BCUT2D eigenvalue weighted by Crippen LogP contribution is 2.26. The molecule has 0 fully saturated rings. The van der Waals surface area contributed by atoms with E-state index in [1.807, 2.05) is 0 Å². The summed E-state index contributed by atoms with van der Waals surface area (Å²) in [7, 11) is 0. The second-order valence-electron chi connectivity index (χ2n) is 3.89. The second-order valence-corrected chi connectivity index (χ2v) is 5.99. The lowest BCUT2D eigenvalue weighted by atomic mass is 10.1. The monoisotopic (exact) mass is 316 g/mol. The van der Waals surface area contributed by atoms with E-state index >= 15 is 0 Å². The molecule has 19 heavy (non-hydrogen) atoms. The van der Waals surface area contributed by atoms with E-state index in [1.54, 1.807) is 25.3 Å². The standard InChI is InChI=1S/C12H10Cl2N2O2S/c1-6-2-8(11(17)18)10(3-9(6)13)15-4-7-5-16-12(14)19-7/h2-3,5,15H,4H2,1H3,(H,17,18). The number of hydrogen-bond donors (Lipinski definition) is 2. The lowest BCUT2D eigenvalue weighted by Crippen LogP contribution is -2.06. The van der Waals surface area contributed by atoms with Crippen molar-refractivity contribution in [3.05, 3.63) is 43.8 Å². The van der Waals surface area contributed by atoms with Crippen LogP contribution in [-0.4, -0.2) is 16.1 Å². The van der Waals surface area contributed by atoms with Gasteiger partial charge < -0.3 is 10.4 Å². The number of rotatable bonds is 4. The minimum Gasteiger partial charge on any atom is -0.478 e. The summed E-state index contributed by atoms with van der Waals surface area (Å²) >= 11 is 13.1. The van der Waals surface area contributed by atoms with Crippen molar-refractivity contribution in [1.82, 2.24) is 4.98 Å². The first-order chi connectivity index (χ1) is 8.97. The van der Waals surface area contributed by atoms with Gasteiger partial charge in [-0.15, -0.1) is 11.3 Å². The topological polar surface area (TPSA) is 62.2 Å². The molecule has 4 nitrogen and oxygen atoms in total. The zero-order valence-corrected chi connectivity index (χ0v) is 12.2. The number of anilines is 1. The number of carboxylic acids is 1. The molecule has 2 N–H and O–H groups in total. The molecule has 1 aromatic carbocycles. The zero-order valence-electron chi connectivity index (χ0n) is 9.91. The molecule has 0 aliphatic rings. The third kappa shape index (κ3) is 3.37. The minimum absolute atomic E-state index is 0.192. The molecule has 2 rings (SSSR count). The summed E-state index contributed by atoms with van der Waals surface area (Å²) in [6, 6.07) is 3.16. The fourth-order valence-corrected chi connectivity index (χ4v) is 2.63. The van der Waals surface area contributed by atoms with Gasteiger partial charge in [-0.05, 0) is 24.6 Å². The number of hydrogen-bond acceptors (Lipinski definition) is 4. The fourth-order valence-electron chi connectivity index (χ4n) is 1.55. The number of nitrogens with one attached hydrogen (secondary N) is 1. The molecule has 0 bridgehead atoms. The number of aryl methyl sites for hydroxylation is 1. The van der Waals surface area contributed by atoms with Crippen LogP contribution in [-0.2, 0) is 6.54 Å². The second kappa shape index (κ2) is 5.77. The Balaban J connectivity index is 2.23. The van der Waals surface area contributed by atoms with Gasteiger partial charge in [0, 0.05) is 16.1 Å². The van der Waals surface area contributed by atoms with Crippen molar-refractivity contribution >= 4 is 46.2 Å². The average Bonchev–Trinajstić information content (AvgIpc) is 2.76. The van der Waals surface area contributed by atoms with Crippen molar-refractivity contribution < 1.29 is 9.90 Å². The first-order valence-corrected chi connectivity index (χ1v) is 6.92. The Morgan fingerprint density at radius 2 is 2.21 bits per heavy atom. The zero-order chi connectivity index (χ0) is 14.0. The first kappa shape index (κ1) is 14.1. The average molecular weight is 317 g/mol. The van der Waals surface area contributed by atoms with Crippen molar-refractivity contribution in [2.24, 2.45) is 0 Å². The summed E-state index contributed by atoms with van der Waals surface area (Å²) in [5.41, 5.74) is 1.40. The highest BCUT2D eigenvalue weighted by Gasteiger charge is 2.13. The Bertz CT molecular complexity index is 628. The molecule has 2 aromatic rings. The van der Waals surface area contributed by atoms with E-state index in [0.717, 1.165) is 10.4 Å². The molecule has 100 valence electrons. The van der Waals surface area contributed by atoms with Gasteiger partial charge in [0.1, 0.15) is 0 Å². The van der Waals surface area contributed by atoms with Gasteiger partial charge in [0.15, 0.2) is 4.47 Å². The van der Waals surface area contributed by atoms with E-state index < -0.39 is 5.97 Å². The Kier molecular flexibility index (Phi) is 4.29. The molecule has 1 aromatic heterocycles. The van der Waals surface area contributed by atoms with Gasteiger partial charge in [0.2, 0.25) is 0 Å². The Labute approximate surface area is 124 Å².